The molecular formula is C15H12Cl2FN3O3. The minimum atomic E-state index is -1.95. The molecule has 1 amide bonds. The second-order valence-electron chi connectivity index (χ2n) is 5.48. The van der Waals surface area contributed by atoms with Crippen LogP contribution in [0.2, 0.25) is 10.0 Å². The van der Waals surface area contributed by atoms with Crippen molar-refractivity contribution in [3.8, 4) is 5.69 Å². The van der Waals surface area contributed by atoms with Gasteiger partial charge in [0.25, 0.3) is 5.91 Å². The summed E-state index contributed by atoms with van der Waals surface area (Å²) in [5.41, 5.74) is 0.876. The van der Waals surface area contributed by atoms with Crippen LogP contribution in [0.1, 0.15) is 10.4 Å². The summed E-state index contributed by atoms with van der Waals surface area (Å²) in [5, 5.41) is 13.6. The molecule has 126 valence electrons. The van der Waals surface area contributed by atoms with E-state index in [4.69, 9.17) is 28.3 Å². The summed E-state index contributed by atoms with van der Waals surface area (Å²) in [6.07, 6.45) is 0.934. The first kappa shape index (κ1) is 16.7. The molecule has 9 heteroatoms. The maximum atomic E-state index is 13.3. The summed E-state index contributed by atoms with van der Waals surface area (Å²) in [7, 11) is 0. The molecule has 1 saturated heterocycles. The van der Waals surface area contributed by atoms with Gasteiger partial charge < -0.3 is 10.0 Å². The highest BCUT2D eigenvalue weighted by Crippen LogP contribution is 2.26. The van der Waals surface area contributed by atoms with Crippen LogP contribution >= 0.6 is 23.2 Å². The number of halogens is 3. The van der Waals surface area contributed by atoms with Gasteiger partial charge in [0.05, 0.1) is 22.5 Å². The molecule has 1 N–H and O–H groups in total. The Morgan fingerprint density at radius 2 is 2.04 bits per heavy atom. The van der Waals surface area contributed by atoms with Crippen LogP contribution in [0.25, 0.3) is 5.69 Å². The third-order valence-electron chi connectivity index (χ3n) is 3.83. The Labute approximate surface area is 146 Å². The molecule has 3 rings (SSSR count). The first-order valence-electron chi connectivity index (χ1n) is 7.03. The van der Waals surface area contributed by atoms with Gasteiger partial charge in [0.15, 0.2) is 0 Å². The lowest BCUT2D eigenvalue weighted by atomic mass is 9.94. The first-order valence-corrected chi connectivity index (χ1v) is 7.78. The molecule has 1 aliphatic heterocycles. The average Bonchev–Trinajstić information content (AvgIpc) is 2.94. The van der Waals surface area contributed by atoms with Crippen LogP contribution in [0.3, 0.4) is 0 Å². The van der Waals surface area contributed by atoms with Crippen LogP contribution in [-0.4, -0.2) is 50.9 Å². The summed E-state index contributed by atoms with van der Waals surface area (Å²) in [5.74, 6) is -2.51. The maximum absolute atomic E-state index is 13.3. The molecule has 0 saturated carbocycles. The molecule has 2 aromatic rings. The van der Waals surface area contributed by atoms with E-state index in [2.05, 4.69) is 5.10 Å². The quantitative estimate of drug-likeness (QED) is 0.896. The molecule has 1 unspecified atom stereocenters. The van der Waals surface area contributed by atoms with Gasteiger partial charge in [0.1, 0.15) is 0 Å². The van der Waals surface area contributed by atoms with Crippen LogP contribution in [-0.2, 0) is 4.79 Å². The van der Waals surface area contributed by atoms with Gasteiger partial charge in [-0.25, -0.2) is 13.9 Å². The SMILES string of the molecule is O=C(O)C(F)C1CN(C(=O)c2cnn(-c3ccc(Cl)cc3Cl)c2)C1. The number of hydrogen-bond donors (Lipinski definition) is 1. The molecule has 1 fully saturated rings. The number of amides is 1. The molecular weight excluding hydrogens is 360 g/mol. The van der Waals surface area contributed by atoms with E-state index in [1.165, 1.54) is 22.0 Å². The van der Waals surface area contributed by atoms with Crippen LogP contribution in [0.4, 0.5) is 4.39 Å². The second-order valence-corrected chi connectivity index (χ2v) is 6.32. The first-order chi connectivity index (χ1) is 11.4. The van der Waals surface area contributed by atoms with Crippen LogP contribution in [0.5, 0.6) is 0 Å². The monoisotopic (exact) mass is 371 g/mol. The van der Waals surface area contributed by atoms with E-state index >= 15 is 0 Å². The lowest BCUT2D eigenvalue weighted by molar-refractivity contribution is -0.147. The molecule has 0 spiro atoms. The Bertz CT molecular complexity index is 805. The van der Waals surface area contributed by atoms with Gasteiger partial charge in [0, 0.05) is 30.2 Å². The predicted octanol–water partition coefficient (Wildman–Crippen LogP) is 2.67. The minimum Gasteiger partial charge on any atom is -0.479 e. The number of aliphatic carboxylic acids is 1. The maximum Gasteiger partial charge on any atom is 0.338 e. The minimum absolute atomic E-state index is 0.0686. The Balaban J connectivity index is 1.70. The molecule has 6 nitrogen and oxygen atoms in total. The number of rotatable bonds is 4. The Hall–Kier alpha value is -2.12. The number of nitrogens with zero attached hydrogens (tertiary/aromatic N) is 3. The van der Waals surface area contributed by atoms with Crippen molar-refractivity contribution >= 4 is 35.1 Å². The Kier molecular flexibility index (Phi) is 4.47. The Morgan fingerprint density at radius 3 is 2.67 bits per heavy atom. The predicted molar refractivity (Wildman–Crippen MR) is 85.5 cm³/mol. The number of likely N-dealkylation sites (tertiary alicyclic amines) is 1. The molecule has 1 aromatic heterocycles. The standard InChI is InChI=1S/C15H12Cl2FN3O3/c16-10-1-2-12(11(17)3-10)21-7-8(4-19-21)14(22)20-5-9(6-20)13(18)15(23)24/h1-4,7,9,13H,5-6H2,(H,23,24). The molecule has 2 heterocycles. The highest BCUT2D eigenvalue weighted by atomic mass is 35.5. The Morgan fingerprint density at radius 1 is 1.33 bits per heavy atom. The number of benzene rings is 1. The van der Waals surface area contributed by atoms with Gasteiger partial charge in [-0.05, 0) is 18.2 Å². The summed E-state index contributed by atoms with van der Waals surface area (Å²) >= 11 is 11.9. The van der Waals surface area contributed by atoms with Crippen molar-refractivity contribution in [1.82, 2.24) is 14.7 Å². The molecule has 0 aliphatic carbocycles. The van der Waals surface area contributed by atoms with E-state index in [-0.39, 0.29) is 19.0 Å². The fourth-order valence-electron chi connectivity index (χ4n) is 2.48. The molecule has 1 aromatic carbocycles. The van der Waals surface area contributed by atoms with Crippen molar-refractivity contribution in [1.29, 1.82) is 0 Å². The third kappa shape index (κ3) is 3.09. The number of aromatic nitrogens is 2. The van der Waals surface area contributed by atoms with E-state index in [0.717, 1.165) is 0 Å². The molecule has 1 atom stereocenters. The van der Waals surface area contributed by atoms with Gasteiger partial charge >= 0.3 is 5.97 Å². The fourth-order valence-corrected chi connectivity index (χ4v) is 2.97. The van der Waals surface area contributed by atoms with Crippen molar-refractivity contribution in [2.45, 2.75) is 6.17 Å². The number of carboxylic acid groups (broad SMARTS) is 1. The van der Waals surface area contributed by atoms with Gasteiger partial charge in [0.2, 0.25) is 6.17 Å². The van der Waals surface area contributed by atoms with Gasteiger partial charge in [-0.1, -0.05) is 23.2 Å². The lowest BCUT2D eigenvalue weighted by Gasteiger charge is -2.39. The summed E-state index contributed by atoms with van der Waals surface area (Å²) in [6.45, 7) is 0.137. The normalized spacial score (nSPS) is 15.9. The molecule has 24 heavy (non-hydrogen) atoms. The molecule has 1 aliphatic rings. The zero-order valence-electron chi connectivity index (χ0n) is 12.2. The number of carbonyl (C=O) groups is 2. The van der Waals surface area contributed by atoms with Gasteiger partial charge in [-0.15, -0.1) is 0 Å². The average molecular weight is 372 g/mol. The van der Waals surface area contributed by atoms with E-state index in [1.54, 1.807) is 18.2 Å². The number of hydrogen-bond acceptors (Lipinski definition) is 3. The van der Waals surface area contributed by atoms with Crippen LogP contribution in [0, 0.1) is 5.92 Å². The largest absolute Gasteiger partial charge is 0.479 e. The second kappa shape index (κ2) is 6.41. The topological polar surface area (TPSA) is 75.4 Å². The lowest BCUT2D eigenvalue weighted by Crippen LogP contribution is -2.54. The third-order valence-corrected chi connectivity index (χ3v) is 4.37. The number of alkyl halides is 1. The zero-order chi connectivity index (χ0) is 17.4. The van der Waals surface area contributed by atoms with Gasteiger partial charge in [-0.3, -0.25) is 4.79 Å². The van der Waals surface area contributed by atoms with E-state index in [1.807, 2.05) is 0 Å². The van der Waals surface area contributed by atoms with Gasteiger partial charge in [-0.2, -0.15) is 5.10 Å². The molecule has 0 bridgehead atoms. The van der Waals surface area contributed by atoms with Crippen LogP contribution in [0.15, 0.2) is 30.6 Å². The van der Waals surface area contributed by atoms with Crippen molar-refractivity contribution < 1.29 is 19.1 Å². The van der Waals surface area contributed by atoms with Crippen molar-refractivity contribution in [3.63, 3.8) is 0 Å². The number of carbonyl (C=O) groups excluding carboxylic acids is 1. The summed E-state index contributed by atoms with van der Waals surface area (Å²) < 4.78 is 14.8. The van der Waals surface area contributed by atoms with Crippen molar-refractivity contribution in [3.05, 3.63) is 46.2 Å². The molecule has 0 radical (unpaired) electrons. The summed E-state index contributed by atoms with van der Waals surface area (Å²) in [6, 6.07) is 4.89. The van der Waals surface area contributed by atoms with E-state index in [0.29, 0.717) is 21.3 Å². The zero-order valence-corrected chi connectivity index (χ0v) is 13.7. The van der Waals surface area contributed by atoms with E-state index in [9.17, 15) is 14.0 Å². The fraction of sp³-hybridized carbons (Fsp3) is 0.267. The van der Waals surface area contributed by atoms with E-state index < -0.39 is 18.1 Å². The van der Waals surface area contributed by atoms with Crippen molar-refractivity contribution in [2.75, 3.05) is 13.1 Å². The highest BCUT2D eigenvalue weighted by Gasteiger charge is 2.40. The summed E-state index contributed by atoms with van der Waals surface area (Å²) in [4.78, 5) is 24.3. The number of carboxylic acids is 1. The van der Waals surface area contributed by atoms with Crippen LogP contribution < -0.4 is 0 Å². The smallest absolute Gasteiger partial charge is 0.338 e. The highest BCUT2D eigenvalue weighted by molar-refractivity contribution is 6.35. The van der Waals surface area contributed by atoms with Crippen molar-refractivity contribution in [2.24, 2.45) is 5.92 Å².